The Morgan fingerprint density at radius 1 is 1.07 bits per heavy atom. The molecule has 1 saturated heterocycles. The van der Waals surface area contributed by atoms with Gasteiger partial charge in [0.2, 0.25) is 5.95 Å². The zero-order valence-electron chi connectivity index (χ0n) is 14.5. The molecule has 0 bridgehead atoms. The summed E-state index contributed by atoms with van der Waals surface area (Å²) >= 11 is 5.90. The summed E-state index contributed by atoms with van der Waals surface area (Å²) in [5.41, 5.74) is 1.58. The third-order valence-electron chi connectivity index (χ3n) is 4.57. The number of nitrogens with zero attached hydrogens (tertiary/aromatic N) is 4. The summed E-state index contributed by atoms with van der Waals surface area (Å²) in [6, 6.07) is 14.5. The van der Waals surface area contributed by atoms with E-state index in [4.69, 9.17) is 11.6 Å². The Labute approximate surface area is 162 Å². The number of hydrogen-bond acceptors (Lipinski definition) is 5. The fraction of sp³-hybridized carbons (Fsp3) is 0.200. The molecular weight excluding hydrogens is 362 g/mol. The molecule has 2 aromatic heterocycles. The Hall–Kier alpha value is -2.99. The summed E-state index contributed by atoms with van der Waals surface area (Å²) in [5.74, 6) is 1.41. The van der Waals surface area contributed by atoms with E-state index in [0.29, 0.717) is 35.4 Å². The highest BCUT2D eigenvalue weighted by atomic mass is 35.5. The van der Waals surface area contributed by atoms with Crippen molar-refractivity contribution in [2.24, 2.45) is 0 Å². The van der Waals surface area contributed by atoms with Gasteiger partial charge in [-0.3, -0.25) is 4.79 Å². The van der Waals surface area contributed by atoms with Crippen LogP contribution in [0, 0.1) is 0 Å². The summed E-state index contributed by atoms with van der Waals surface area (Å²) < 4.78 is 0. The van der Waals surface area contributed by atoms with Crippen molar-refractivity contribution in [3.63, 3.8) is 0 Å². The maximum absolute atomic E-state index is 12.7. The molecule has 0 aliphatic carbocycles. The van der Waals surface area contributed by atoms with Gasteiger partial charge in [0.05, 0.1) is 5.69 Å². The Bertz CT molecular complexity index is 933. The van der Waals surface area contributed by atoms with Crippen LogP contribution in [0.15, 0.2) is 60.9 Å². The largest absolute Gasteiger partial charge is 0.338 e. The van der Waals surface area contributed by atoms with Crippen LogP contribution in [0.1, 0.15) is 28.4 Å². The van der Waals surface area contributed by atoms with E-state index in [9.17, 15) is 4.79 Å². The number of carbonyl (C=O) groups is 1. The molecule has 0 saturated carbocycles. The summed E-state index contributed by atoms with van der Waals surface area (Å²) in [5, 5.41) is 3.73. The van der Waals surface area contributed by atoms with Gasteiger partial charge in [-0.25, -0.2) is 15.0 Å². The van der Waals surface area contributed by atoms with Gasteiger partial charge in [-0.05, 0) is 48.9 Å². The predicted molar refractivity (Wildman–Crippen MR) is 104 cm³/mol. The number of halogens is 1. The van der Waals surface area contributed by atoms with E-state index in [2.05, 4.69) is 20.3 Å². The second-order valence-corrected chi connectivity index (χ2v) is 6.83. The SMILES string of the molecule is O=C(c1ccc(Cl)cc1)N1CCC(c2ccnc(Nc3ccccn3)n2)C1. The maximum Gasteiger partial charge on any atom is 0.253 e. The molecule has 4 rings (SSSR count). The number of benzene rings is 1. The molecule has 1 amide bonds. The average Bonchev–Trinajstić information content (AvgIpc) is 3.19. The molecule has 1 atom stereocenters. The number of hydrogen-bond donors (Lipinski definition) is 1. The first kappa shape index (κ1) is 17.4. The fourth-order valence-electron chi connectivity index (χ4n) is 3.17. The lowest BCUT2D eigenvalue weighted by Crippen LogP contribution is -2.28. The van der Waals surface area contributed by atoms with Crippen LogP contribution in [0.3, 0.4) is 0 Å². The molecule has 1 aliphatic rings. The van der Waals surface area contributed by atoms with Crippen molar-refractivity contribution in [3.8, 4) is 0 Å². The number of nitrogens with one attached hydrogen (secondary N) is 1. The van der Waals surface area contributed by atoms with E-state index in [0.717, 1.165) is 12.1 Å². The Morgan fingerprint density at radius 3 is 2.70 bits per heavy atom. The molecule has 136 valence electrons. The van der Waals surface area contributed by atoms with Gasteiger partial charge in [0.25, 0.3) is 5.91 Å². The number of carbonyl (C=O) groups excluding carboxylic acids is 1. The van der Waals surface area contributed by atoms with Gasteiger partial charge in [0, 0.05) is 42.0 Å². The monoisotopic (exact) mass is 379 g/mol. The fourth-order valence-corrected chi connectivity index (χ4v) is 3.30. The highest BCUT2D eigenvalue weighted by Gasteiger charge is 2.29. The normalized spacial score (nSPS) is 16.3. The molecule has 1 aliphatic heterocycles. The van der Waals surface area contributed by atoms with Crippen LogP contribution < -0.4 is 5.32 Å². The van der Waals surface area contributed by atoms with Crippen LogP contribution in [0.5, 0.6) is 0 Å². The van der Waals surface area contributed by atoms with E-state index >= 15 is 0 Å². The van der Waals surface area contributed by atoms with Crippen LogP contribution in [-0.4, -0.2) is 38.8 Å². The number of rotatable bonds is 4. The third-order valence-corrected chi connectivity index (χ3v) is 4.82. The lowest BCUT2D eigenvalue weighted by Gasteiger charge is -2.16. The van der Waals surface area contributed by atoms with Gasteiger partial charge >= 0.3 is 0 Å². The smallest absolute Gasteiger partial charge is 0.253 e. The van der Waals surface area contributed by atoms with Gasteiger partial charge in [0.15, 0.2) is 0 Å². The van der Waals surface area contributed by atoms with Crippen LogP contribution in [0.4, 0.5) is 11.8 Å². The summed E-state index contributed by atoms with van der Waals surface area (Å²) in [7, 11) is 0. The highest BCUT2D eigenvalue weighted by Crippen LogP contribution is 2.27. The molecule has 0 radical (unpaired) electrons. The number of amides is 1. The zero-order chi connectivity index (χ0) is 18.6. The minimum Gasteiger partial charge on any atom is -0.338 e. The summed E-state index contributed by atoms with van der Waals surface area (Å²) in [6.45, 7) is 1.35. The molecule has 27 heavy (non-hydrogen) atoms. The highest BCUT2D eigenvalue weighted by molar-refractivity contribution is 6.30. The van der Waals surface area contributed by atoms with Crippen molar-refractivity contribution in [1.29, 1.82) is 0 Å². The molecule has 3 heterocycles. The van der Waals surface area contributed by atoms with E-state index in [1.165, 1.54) is 0 Å². The number of likely N-dealkylation sites (tertiary alicyclic amines) is 1. The minimum atomic E-state index is 0.0232. The standard InChI is InChI=1S/C20H18ClN5O/c21-16-6-4-14(5-7-16)19(27)26-12-9-15(13-26)17-8-11-23-20(24-17)25-18-3-1-2-10-22-18/h1-8,10-11,15H,9,12-13H2,(H,22,23,24,25). The van der Waals surface area contributed by atoms with Gasteiger partial charge < -0.3 is 10.2 Å². The van der Waals surface area contributed by atoms with E-state index in [1.54, 1.807) is 36.7 Å². The second kappa shape index (κ2) is 7.72. The van der Waals surface area contributed by atoms with Crippen LogP contribution in [-0.2, 0) is 0 Å². The van der Waals surface area contributed by atoms with Gasteiger partial charge in [-0.15, -0.1) is 0 Å². The first-order valence-corrected chi connectivity index (χ1v) is 9.13. The second-order valence-electron chi connectivity index (χ2n) is 6.39. The van der Waals surface area contributed by atoms with E-state index in [-0.39, 0.29) is 11.8 Å². The molecule has 1 N–H and O–H groups in total. The third kappa shape index (κ3) is 4.06. The number of pyridine rings is 1. The minimum absolute atomic E-state index is 0.0232. The molecule has 0 spiro atoms. The van der Waals surface area contributed by atoms with Crippen molar-refractivity contribution in [1.82, 2.24) is 19.9 Å². The summed E-state index contributed by atoms with van der Waals surface area (Å²) in [4.78, 5) is 27.6. The molecule has 1 aromatic carbocycles. The van der Waals surface area contributed by atoms with Crippen molar-refractivity contribution >= 4 is 29.3 Å². The zero-order valence-corrected chi connectivity index (χ0v) is 15.3. The van der Waals surface area contributed by atoms with Crippen LogP contribution in [0.25, 0.3) is 0 Å². The molecule has 3 aromatic rings. The van der Waals surface area contributed by atoms with Crippen molar-refractivity contribution in [2.45, 2.75) is 12.3 Å². The van der Waals surface area contributed by atoms with Crippen molar-refractivity contribution < 1.29 is 4.79 Å². The number of anilines is 2. The predicted octanol–water partition coefficient (Wildman–Crippen LogP) is 3.90. The van der Waals surface area contributed by atoms with E-state index in [1.807, 2.05) is 29.2 Å². The lowest BCUT2D eigenvalue weighted by molar-refractivity contribution is 0.0790. The molecular formula is C20H18ClN5O. The average molecular weight is 380 g/mol. The Balaban J connectivity index is 1.45. The first-order valence-electron chi connectivity index (χ1n) is 8.75. The van der Waals surface area contributed by atoms with Crippen molar-refractivity contribution in [3.05, 3.63) is 77.2 Å². The van der Waals surface area contributed by atoms with Crippen LogP contribution in [0.2, 0.25) is 5.02 Å². The number of aromatic nitrogens is 3. The van der Waals surface area contributed by atoms with Crippen LogP contribution >= 0.6 is 11.6 Å². The summed E-state index contributed by atoms with van der Waals surface area (Å²) in [6.07, 6.45) is 4.32. The molecule has 6 nitrogen and oxygen atoms in total. The molecule has 1 unspecified atom stereocenters. The topological polar surface area (TPSA) is 71.0 Å². The first-order chi connectivity index (χ1) is 13.2. The Kier molecular flexibility index (Phi) is 4.98. The van der Waals surface area contributed by atoms with Crippen molar-refractivity contribution in [2.75, 3.05) is 18.4 Å². The van der Waals surface area contributed by atoms with E-state index < -0.39 is 0 Å². The lowest BCUT2D eigenvalue weighted by atomic mass is 10.1. The maximum atomic E-state index is 12.7. The van der Waals surface area contributed by atoms with Gasteiger partial charge in [-0.2, -0.15) is 0 Å². The van der Waals surface area contributed by atoms with Gasteiger partial charge in [-0.1, -0.05) is 17.7 Å². The Morgan fingerprint density at radius 2 is 1.93 bits per heavy atom. The quantitative estimate of drug-likeness (QED) is 0.744. The molecule has 7 heteroatoms. The molecule has 1 fully saturated rings. The van der Waals surface area contributed by atoms with Gasteiger partial charge in [0.1, 0.15) is 5.82 Å².